The predicted octanol–water partition coefficient (Wildman–Crippen LogP) is 3.51. The van der Waals surface area contributed by atoms with E-state index in [0.29, 0.717) is 12.3 Å². The minimum atomic E-state index is -3.72. The van der Waals surface area contributed by atoms with Gasteiger partial charge in [0.15, 0.2) is 0 Å². The van der Waals surface area contributed by atoms with Gasteiger partial charge in [-0.15, -0.1) is 0 Å². The fourth-order valence-electron chi connectivity index (χ4n) is 2.56. The lowest BCUT2D eigenvalue weighted by Crippen LogP contribution is -2.14. The minimum absolute atomic E-state index is 0.133. The van der Waals surface area contributed by atoms with Crippen molar-refractivity contribution >= 4 is 21.5 Å². The van der Waals surface area contributed by atoms with E-state index in [4.69, 9.17) is 9.47 Å². The first kappa shape index (κ1) is 19.5. The van der Waals surface area contributed by atoms with Crippen LogP contribution in [-0.4, -0.2) is 27.6 Å². The molecule has 0 atom stereocenters. The lowest BCUT2D eigenvalue weighted by Gasteiger charge is -2.11. The Morgan fingerprint density at radius 3 is 2.32 bits per heavy atom. The van der Waals surface area contributed by atoms with Crippen LogP contribution in [0.25, 0.3) is 0 Å². The van der Waals surface area contributed by atoms with E-state index < -0.39 is 10.0 Å². The van der Waals surface area contributed by atoms with E-state index in [1.165, 1.54) is 19.2 Å². The molecule has 0 aliphatic heterocycles. The number of benzene rings is 2. The molecule has 0 spiro atoms. The summed E-state index contributed by atoms with van der Waals surface area (Å²) in [5.74, 6) is 1.62. The first-order chi connectivity index (χ1) is 13.5. The number of rotatable bonds is 8. The monoisotopic (exact) mass is 399 g/mol. The number of pyridine rings is 1. The summed E-state index contributed by atoms with van der Waals surface area (Å²) in [5, 5.41) is 3.24. The van der Waals surface area contributed by atoms with Crippen molar-refractivity contribution in [1.82, 2.24) is 4.98 Å². The van der Waals surface area contributed by atoms with Crippen molar-refractivity contribution in [3.05, 3.63) is 72.4 Å². The minimum Gasteiger partial charge on any atom is -0.497 e. The van der Waals surface area contributed by atoms with Crippen molar-refractivity contribution in [2.24, 2.45) is 0 Å². The summed E-state index contributed by atoms with van der Waals surface area (Å²) in [7, 11) is -0.568. The van der Waals surface area contributed by atoms with Gasteiger partial charge in [0.1, 0.15) is 17.3 Å². The number of nitrogens with one attached hydrogen (secondary N) is 2. The molecule has 3 aromatic rings. The summed E-state index contributed by atoms with van der Waals surface area (Å²) >= 11 is 0. The Hall–Kier alpha value is -3.26. The molecule has 0 bridgehead atoms. The van der Waals surface area contributed by atoms with E-state index >= 15 is 0 Å². The van der Waals surface area contributed by atoms with Crippen molar-refractivity contribution in [2.45, 2.75) is 11.4 Å². The SMILES string of the molecule is COc1ccc(S(=O)(=O)Nc2ccc(NCc3ccccc3OC)cn2)cc1. The molecule has 0 fully saturated rings. The smallest absolute Gasteiger partial charge is 0.263 e. The Morgan fingerprint density at radius 2 is 1.68 bits per heavy atom. The van der Waals surface area contributed by atoms with Crippen LogP contribution in [0.1, 0.15) is 5.56 Å². The Labute approximate surface area is 164 Å². The van der Waals surface area contributed by atoms with Crippen LogP contribution in [0, 0.1) is 0 Å². The first-order valence-corrected chi connectivity index (χ1v) is 9.99. The number of aromatic nitrogens is 1. The van der Waals surface area contributed by atoms with Gasteiger partial charge in [-0.25, -0.2) is 13.4 Å². The molecule has 2 N–H and O–H groups in total. The number of methoxy groups -OCH3 is 2. The van der Waals surface area contributed by atoms with Crippen LogP contribution in [0.4, 0.5) is 11.5 Å². The molecule has 28 heavy (non-hydrogen) atoms. The van der Waals surface area contributed by atoms with E-state index in [1.807, 2.05) is 24.3 Å². The molecule has 0 saturated heterocycles. The average Bonchev–Trinajstić information content (AvgIpc) is 2.73. The second kappa shape index (κ2) is 8.62. The van der Waals surface area contributed by atoms with E-state index in [9.17, 15) is 8.42 Å². The third-order valence-electron chi connectivity index (χ3n) is 4.05. The zero-order chi connectivity index (χ0) is 20.0. The van der Waals surface area contributed by atoms with Gasteiger partial charge in [0.25, 0.3) is 10.0 Å². The predicted molar refractivity (Wildman–Crippen MR) is 108 cm³/mol. The highest BCUT2D eigenvalue weighted by molar-refractivity contribution is 7.92. The third kappa shape index (κ3) is 4.72. The molecule has 0 unspecified atom stereocenters. The molecule has 146 valence electrons. The van der Waals surface area contributed by atoms with Gasteiger partial charge in [-0.3, -0.25) is 4.72 Å². The van der Waals surface area contributed by atoms with Crippen LogP contribution >= 0.6 is 0 Å². The second-order valence-electron chi connectivity index (χ2n) is 5.88. The zero-order valence-corrected chi connectivity index (χ0v) is 16.4. The first-order valence-electron chi connectivity index (χ1n) is 8.50. The lowest BCUT2D eigenvalue weighted by atomic mass is 10.2. The van der Waals surface area contributed by atoms with E-state index in [1.54, 1.807) is 37.6 Å². The van der Waals surface area contributed by atoms with Crippen LogP contribution in [-0.2, 0) is 16.6 Å². The van der Waals surface area contributed by atoms with Crippen LogP contribution < -0.4 is 19.5 Å². The van der Waals surface area contributed by atoms with Crippen molar-refractivity contribution in [3.8, 4) is 11.5 Å². The normalized spacial score (nSPS) is 10.9. The maximum absolute atomic E-state index is 12.4. The maximum Gasteiger partial charge on any atom is 0.263 e. The van der Waals surface area contributed by atoms with E-state index in [2.05, 4.69) is 15.0 Å². The Bertz CT molecular complexity index is 1020. The molecule has 7 nitrogen and oxygen atoms in total. The molecule has 1 aromatic heterocycles. The fraction of sp³-hybridized carbons (Fsp3) is 0.150. The molecule has 0 radical (unpaired) electrons. The number of sulfonamides is 1. The highest BCUT2D eigenvalue weighted by Crippen LogP contribution is 2.21. The van der Waals surface area contributed by atoms with Crippen molar-refractivity contribution < 1.29 is 17.9 Å². The highest BCUT2D eigenvalue weighted by Gasteiger charge is 2.14. The summed E-state index contributed by atoms with van der Waals surface area (Å²) in [6, 6.07) is 17.2. The third-order valence-corrected chi connectivity index (χ3v) is 5.42. The summed E-state index contributed by atoms with van der Waals surface area (Å²) in [6.07, 6.45) is 1.57. The summed E-state index contributed by atoms with van der Waals surface area (Å²) in [5.41, 5.74) is 1.77. The average molecular weight is 399 g/mol. The Kier molecular flexibility index (Phi) is 6.00. The van der Waals surface area contributed by atoms with Gasteiger partial charge in [-0.1, -0.05) is 18.2 Å². The van der Waals surface area contributed by atoms with Gasteiger partial charge in [0.05, 0.1) is 31.0 Å². The highest BCUT2D eigenvalue weighted by atomic mass is 32.2. The largest absolute Gasteiger partial charge is 0.497 e. The molecule has 3 rings (SSSR count). The van der Waals surface area contributed by atoms with Gasteiger partial charge in [0, 0.05) is 12.1 Å². The quantitative estimate of drug-likeness (QED) is 0.602. The number of anilines is 2. The zero-order valence-electron chi connectivity index (χ0n) is 15.5. The van der Waals surface area contributed by atoms with Gasteiger partial charge >= 0.3 is 0 Å². The van der Waals surface area contributed by atoms with Gasteiger partial charge in [-0.05, 0) is 42.5 Å². The summed E-state index contributed by atoms with van der Waals surface area (Å²) < 4.78 is 37.7. The van der Waals surface area contributed by atoms with Crippen LogP contribution in [0.15, 0.2) is 71.8 Å². The van der Waals surface area contributed by atoms with Gasteiger partial charge in [0.2, 0.25) is 0 Å². The van der Waals surface area contributed by atoms with Crippen LogP contribution in [0.5, 0.6) is 11.5 Å². The maximum atomic E-state index is 12.4. The molecule has 2 aromatic carbocycles. The molecule has 0 aliphatic carbocycles. The number of hydrogen-bond donors (Lipinski definition) is 2. The number of nitrogens with zero attached hydrogens (tertiary/aromatic N) is 1. The molecule has 0 aliphatic rings. The summed E-state index contributed by atoms with van der Waals surface area (Å²) in [4.78, 5) is 4.30. The molecule has 0 amide bonds. The standard InChI is InChI=1S/C20H21N3O4S/c1-26-17-8-10-18(11-9-17)28(24,25)23-20-12-7-16(14-22-20)21-13-15-5-3-4-6-19(15)27-2/h3-12,14,21H,13H2,1-2H3,(H,22,23). The molecular weight excluding hydrogens is 378 g/mol. The number of hydrogen-bond acceptors (Lipinski definition) is 6. The van der Waals surface area contributed by atoms with Crippen molar-refractivity contribution in [3.63, 3.8) is 0 Å². The van der Waals surface area contributed by atoms with Crippen molar-refractivity contribution in [2.75, 3.05) is 24.3 Å². The second-order valence-corrected chi connectivity index (χ2v) is 7.56. The molecule has 1 heterocycles. The van der Waals surface area contributed by atoms with Gasteiger partial charge in [-0.2, -0.15) is 0 Å². The fourth-order valence-corrected chi connectivity index (χ4v) is 3.56. The lowest BCUT2D eigenvalue weighted by molar-refractivity contribution is 0.410. The molecular formula is C20H21N3O4S. The van der Waals surface area contributed by atoms with Crippen LogP contribution in [0.2, 0.25) is 0 Å². The van der Waals surface area contributed by atoms with Crippen molar-refractivity contribution in [1.29, 1.82) is 0 Å². The van der Waals surface area contributed by atoms with E-state index in [-0.39, 0.29) is 10.7 Å². The molecule has 8 heteroatoms. The Balaban J connectivity index is 1.65. The summed E-state index contributed by atoms with van der Waals surface area (Å²) in [6.45, 7) is 0.558. The van der Waals surface area contributed by atoms with Gasteiger partial charge < -0.3 is 14.8 Å². The number of ether oxygens (including phenoxy) is 2. The topological polar surface area (TPSA) is 89.6 Å². The van der Waals surface area contributed by atoms with Crippen LogP contribution in [0.3, 0.4) is 0 Å². The van der Waals surface area contributed by atoms with E-state index in [0.717, 1.165) is 17.0 Å². The molecule has 0 saturated carbocycles. The Morgan fingerprint density at radius 1 is 0.929 bits per heavy atom. The number of para-hydroxylation sites is 1.